The molecule has 0 atom stereocenters. The molecule has 4 aromatic rings. The first-order chi connectivity index (χ1) is 17.9. The van der Waals surface area contributed by atoms with Gasteiger partial charge in [-0.15, -0.1) is 6.58 Å². The first kappa shape index (κ1) is 25.6. The Morgan fingerprint density at radius 1 is 0.973 bits per heavy atom. The Morgan fingerprint density at radius 3 is 2.49 bits per heavy atom. The van der Waals surface area contributed by atoms with E-state index in [-0.39, 0.29) is 43.1 Å². The molecule has 7 heteroatoms. The summed E-state index contributed by atoms with van der Waals surface area (Å²) in [5.74, 6) is -1.41. The number of hydrogen-bond acceptors (Lipinski definition) is 4. The van der Waals surface area contributed by atoms with Crippen LogP contribution >= 0.6 is 0 Å². The topological polar surface area (TPSA) is 70.8 Å². The molecule has 37 heavy (non-hydrogen) atoms. The van der Waals surface area contributed by atoms with Gasteiger partial charge < -0.3 is 14.2 Å². The summed E-state index contributed by atoms with van der Waals surface area (Å²) in [5.41, 5.74) is 2.50. The number of nitrogens with zero attached hydrogens (tertiary/aromatic N) is 2. The van der Waals surface area contributed by atoms with Gasteiger partial charge in [-0.2, -0.15) is 0 Å². The van der Waals surface area contributed by atoms with Gasteiger partial charge in [-0.1, -0.05) is 54.1 Å². The summed E-state index contributed by atoms with van der Waals surface area (Å²) in [4.78, 5) is 42.7. The van der Waals surface area contributed by atoms with E-state index in [9.17, 15) is 18.8 Å². The third-order valence-electron chi connectivity index (χ3n) is 5.96. The van der Waals surface area contributed by atoms with Crippen LogP contribution in [0.5, 0.6) is 0 Å². The molecule has 4 rings (SSSR count). The molecule has 0 radical (unpaired) electrons. The molecule has 0 saturated carbocycles. The van der Waals surface area contributed by atoms with Gasteiger partial charge in [0.1, 0.15) is 17.9 Å². The summed E-state index contributed by atoms with van der Waals surface area (Å²) >= 11 is 0. The van der Waals surface area contributed by atoms with E-state index in [4.69, 9.17) is 4.42 Å². The number of hydrogen-bond donors (Lipinski definition) is 0. The molecule has 0 N–H and O–H groups in total. The van der Waals surface area contributed by atoms with Gasteiger partial charge >= 0.3 is 0 Å². The maximum Gasteiger partial charge on any atom is 0.254 e. The number of carbonyl (C=O) groups is 2. The summed E-state index contributed by atoms with van der Waals surface area (Å²) in [6, 6.07) is 20.0. The second-order valence-corrected chi connectivity index (χ2v) is 8.81. The number of halogens is 1. The van der Waals surface area contributed by atoms with Crippen molar-refractivity contribution in [2.45, 2.75) is 20.0 Å². The van der Waals surface area contributed by atoms with Crippen LogP contribution in [0.25, 0.3) is 11.0 Å². The first-order valence-electron chi connectivity index (χ1n) is 11.8. The minimum atomic E-state index is -0.542. The van der Waals surface area contributed by atoms with Crippen LogP contribution in [0, 0.1) is 12.7 Å². The molecule has 0 fully saturated rings. The zero-order chi connectivity index (χ0) is 26.4. The van der Waals surface area contributed by atoms with Crippen LogP contribution in [0.3, 0.4) is 0 Å². The largest absolute Gasteiger partial charge is 0.464 e. The molecule has 2 amide bonds. The van der Waals surface area contributed by atoms with E-state index in [1.54, 1.807) is 12.1 Å². The second-order valence-electron chi connectivity index (χ2n) is 8.81. The molecular weight excluding hydrogens is 471 g/mol. The van der Waals surface area contributed by atoms with Crippen molar-refractivity contribution < 1.29 is 18.4 Å². The molecule has 6 nitrogen and oxygen atoms in total. The third kappa shape index (κ3) is 6.19. The fourth-order valence-electron chi connectivity index (χ4n) is 4.08. The molecule has 188 valence electrons. The molecule has 1 aromatic heterocycles. The molecule has 3 aromatic carbocycles. The van der Waals surface area contributed by atoms with Crippen molar-refractivity contribution in [1.82, 2.24) is 9.80 Å². The molecule has 0 spiro atoms. The summed E-state index contributed by atoms with van der Waals surface area (Å²) in [6.07, 6.45) is 2.89. The van der Waals surface area contributed by atoms with Gasteiger partial charge in [0.05, 0.1) is 23.8 Å². The molecule has 0 saturated heterocycles. The zero-order valence-corrected chi connectivity index (χ0v) is 20.5. The van der Waals surface area contributed by atoms with Crippen molar-refractivity contribution in [1.29, 1.82) is 0 Å². The summed E-state index contributed by atoms with van der Waals surface area (Å²) in [7, 11) is 0. The van der Waals surface area contributed by atoms with E-state index in [0.29, 0.717) is 16.5 Å². The second kappa shape index (κ2) is 11.5. The number of amides is 2. The fourth-order valence-corrected chi connectivity index (χ4v) is 4.08. The molecule has 0 aliphatic heterocycles. The van der Waals surface area contributed by atoms with Gasteiger partial charge in [0.25, 0.3) is 5.91 Å². The van der Waals surface area contributed by atoms with E-state index in [2.05, 4.69) is 6.58 Å². The van der Waals surface area contributed by atoms with Gasteiger partial charge in [0.15, 0.2) is 5.43 Å². The van der Waals surface area contributed by atoms with E-state index in [0.717, 1.165) is 17.2 Å². The third-order valence-corrected chi connectivity index (χ3v) is 5.96. The van der Waals surface area contributed by atoms with Crippen LogP contribution in [0.1, 0.15) is 27.0 Å². The minimum absolute atomic E-state index is 0.00394. The lowest BCUT2D eigenvalue weighted by atomic mass is 10.1. The lowest BCUT2D eigenvalue weighted by molar-refractivity contribution is -0.133. The average Bonchev–Trinajstić information content (AvgIpc) is 2.90. The van der Waals surface area contributed by atoms with Gasteiger partial charge in [-0.25, -0.2) is 4.39 Å². The SMILES string of the molecule is C=CCN(CC(=O)N(Cc1ccccc1)Cc1coc2ccc(C)cc2c1=O)C(=O)c1cccc(F)c1. The van der Waals surface area contributed by atoms with Crippen LogP contribution in [0.4, 0.5) is 4.39 Å². The predicted molar refractivity (Wildman–Crippen MR) is 140 cm³/mol. The molecule has 0 aliphatic rings. The number of carbonyl (C=O) groups excluding carboxylic acids is 2. The van der Waals surface area contributed by atoms with Crippen LogP contribution < -0.4 is 5.43 Å². The lowest BCUT2D eigenvalue weighted by Gasteiger charge is -2.27. The van der Waals surface area contributed by atoms with E-state index in [1.807, 2.05) is 43.3 Å². The maximum absolute atomic E-state index is 13.7. The summed E-state index contributed by atoms with van der Waals surface area (Å²) in [6.45, 7) is 5.61. The predicted octanol–water partition coefficient (Wildman–Crippen LogP) is 5.10. The van der Waals surface area contributed by atoms with Crippen molar-refractivity contribution in [2.75, 3.05) is 13.1 Å². The highest BCUT2D eigenvalue weighted by molar-refractivity contribution is 5.96. The molecule has 1 heterocycles. The van der Waals surface area contributed by atoms with Gasteiger partial charge in [-0.3, -0.25) is 14.4 Å². The van der Waals surface area contributed by atoms with Gasteiger partial charge in [0.2, 0.25) is 5.91 Å². The molecule has 0 aliphatic carbocycles. The Balaban J connectivity index is 1.64. The Morgan fingerprint density at radius 2 is 1.76 bits per heavy atom. The van der Waals surface area contributed by atoms with Crippen LogP contribution in [-0.4, -0.2) is 34.7 Å². The van der Waals surface area contributed by atoms with Crippen molar-refractivity contribution in [3.8, 4) is 0 Å². The zero-order valence-electron chi connectivity index (χ0n) is 20.5. The first-order valence-corrected chi connectivity index (χ1v) is 11.8. The van der Waals surface area contributed by atoms with Crippen molar-refractivity contribution in [2.24, 2.45) is 0 Å². The Labute approximate surface area is 214 Å². The standard InChI is InChI=1S/C30H27FN2O4/c1-3-14-32(30(36)23-10-7-11-25(31)16-23)19-28(34)33(17-22-8-5-4-6-9-22)18-24-20-37-27-13-12-21(2)15-26(27)29(24)35/h3-13,15-16,20H,1,14,17-19H2,2H3. The van der Waals surface area contributed by atoms with Crippen LogP contribution in [0.2, 0.25) is 0 Å². The highest BCUT2D eigenvalue weighted by Gasteiger charge is 2.23. The highest BCUT2D eigenvalue weighted by Crippen LogP contribution is 2.16. The Kier molecular flexibility index (Phi) is 7.93. The van der Waals surface area contributed by atoms with Gasteiger partial charge in [0, 0.05) is 18.7 Å². The van der Waals surface area contributed by atoms with E-state index in [1.165, 1.54) is 40.3 Å². The van der Waals surface area contributed by atoms with Crippen LogP contribution in [-0.2, 0) is 17.9 Å². The van der Waals surface area contributed by atoms with Gasteiger partial charge in [-0.05, 0) is 42.8 Å². The smallest absolute Gasteiger partial charge is 0.254 e. The number of rotatable bonds is 9. The van der Waals surface area contributed by atoms with E-state index < -0.39 is 11.7 Å². The lowest BCUT2D eigenvalue weighted by Crippen LogP contribution is -2.43. The quantitative estimate of drug-likeness (QED) is 0.301. The minimum Gasteiger partial charge on any atom is -0.464 e. The van der Waals surface area contributed by atoms with Crippen molar-refractivity contribution in [3.63, 3.8) is 0 Å². The number of aryl methyl sites for hydroxylation is 1. The van der Waals surface area contributed by atoms with Crippen molar-refractivity contribution >= 4 is 22.8 Å². The highest BCUT2D eigenvalue weighted by atomic mass is 19.1. The average molecular weight is 499 g/mol. The molecule has 0 unspecified atom stereocenters. The number of fused-ring (bicyclic) bond motifs is 1. The normalized spacial score (nSPS) is 10.8. The maximum atomic E-state index is 13.7. The summed E-state index contributed by atoms with van der Waals surface area (Å²) < 4.78 is 19.4. The van der Waals surface area contributed by atoms with E-state index >= 15 is 0 Å². The Bertz CT molecular complexity index is 1500. The number of benzene rings is 3. The Hall–Kier alpha value is -4.52. The molecule has 0 bridgehead atoms. The fraction of sp³-hybridized carbons (Fsp3) is 0.167. The summed E-state index contributed by atoms with van der Waals surface area (Å²) in [5, 5.41) is 0.444. The van der Waals surface area contributed by atoms with Crippen molar-refractivity contribution in [3.05, 3.63) is 130 Å². The van der Waals surface area contributed by atoms with Crippen LogP contribution in [0.15, 0.2) is 101 Å². The monoisotopic (exact) mass is 498 g/mol. The molecular formula is C30H27FN2O4.